The van der Waals surface area contributed by atoms with Crippen molar-refractivity contribution < 1.29 is 9.53 Å². The minimum absolute atomic E-state index is 0.0557. The zero-order chi connectivity index (χ0) is 13.1. The largest absolute Gasteiger partial charge is 0.379 e. The van der Waals surface area contributed by atoms with Gasteiger partial charge in [-0.25, -0.2) is 0 Å². The van der Waals surface area contributed by atoms with E-state index in [-0.39, 0.29) is 11.9 Å². The highest BCUT2D eigenvalue weighted by Crippen LogP contribution is 1.83. The van der Waals surface area contributed by atoms with Crippen LogP contribution in [0.1, 0.15) is 20.3 Å². The van der Waals surface area contributed by atoms with Gasteiger partial charge in [0, 0.05) is 19.6 Å². The van der Waals surface area contributed by atoms with Crippen molar-refractivity contribution in [3.05, 3.63) is 0 Å². The topological polar surface area (TPSA) is 53.6 Å². The van der Waals surface area contributed by atoms with Gasteiger partial charge in [-0.3, -0.25) is 4.79 Å². The molecule has 1 unspecified atom stereocenters. The van der Waals surface area contributed by atoms with Crippen LogP contribution < -0.4 is 10.6 Å². The second kappa shape index (κ2) is 10.5. The Morgan fingerprint density at radius 2 is 2.00 bits per heavy atom. The first-order valence-corrected chi connectivity index (χ1v) is 6.31. The molecule has 2 N–H and O–H groups in total. The highest BCUT2D eigenvalue weighted by Gasteiger charge is 2.09. The fraction of sp³-hybridized carbons (Fsp3) is 0.917. The van der Waals surface area contributed by atoms with Crippen LogP contribution in [0.2, 0.25) is 0 Å². The lowest BCUT2D eigenvalue weighted by molar-refractivity contribution is -0.122. The van der Waals surface area contributed by atoms with Crippen LogP contribution in [-0.4, -0.2) is 63.8 Å². The minimum Gasteiger partial charge on any atom is -0.379 e. The quantitative estimate of drug-likeness (QED) is 0.535. The number of amides is 1. The van der Waals surface area contributed by atoms with Gasteiger partial charge >= 0.3 is 0 Å². The summed E-state index contributed by atoms with van der Waals surface area (Å²) in [5.41, 5.74) is 0. The fourth-order valence-corrected chi connectivity index (χ4v) is 1.19. The van der Waals surface area contributed by atoms with Gasteiger partial charge < -0.3 is 20.3 Å². The summed E-state index contributed by atoms with van der Waals surface area (Å²) in [5.74, 6) is 0.0557. The van der Waals surface area contributed by atoms with Crippen molar-refractivity contribution in [2.24, 2.45) is 0 Å². The molecule has 0 aromatic heterocycles. The normalized spacial score (nSPS) is 12.8. The summed E-state index contributed by atoms with van der Waals surface area (Å²) in [7, 11) is 4.03. The summed E-state index contributed by atoms with van der Waals surface area (Å²) in [4.78, 5) is 13.6. The van der Waals surface area contributed by atoms with Crippen LogP contribution in [0, 0.1) is 0 Å². The lowest BCUT2D eigenvalue weighted by Gasteiger charge is -2.14. The highest BCUT2D eigenvalue weighted by atomic mass is 16.5. The molecule has 102 valence electrons. The van der Waals surface area contributed by atoms with Crippen molar-refractivity contribution in [2.45, 2.75) is 26.3 Å². The van der Waals surface area contributed by atoms with Crippen LogP contribution >= 0.6 is 0 Å². The molecule has 0 aliphatic rings. The smallest absolute Gasteiger partial charge is 0.236 e. The molecule has 1 atom stereocenters. The lowest BCUT2D eigenvalue weighted by atomic mass is 10.3. The number of nitrogens with one attached hydrogen (secondary N) is 2. The first-order valence-electron chi connectivity index (χ1n) is 6.31. The number of rotatable bonds is 10. The molecule has 0 bridgehead atoms. The van der Waals surface area contributed by atoms with Gasteiger partial charge in [0.15, 0.2) is 0 Å². The van der Waals surface area contributed by atoms with E-state index in [1.165, 1.54) is 0 Å². The maximum Gasteiger partial charge on any atom is 0.236 e. The van der Waals surface area contributed by atoms with Gasteiger partial charge in [0.25, 0.3) is 0 Å². The first kappa shape index (κ1) is 16.4. The van der Waals surface area contributed by atoms with E-state index in [1.54, 1.807) is 0 Å². The Labute approximate surface area is 105 Å². The van der Waals surface area contributed by atoms with E-state index in [1.807, 2.05) is 27.9 Å². The van der Waals surface area contributed by atoms with Gasteiger partial charge in [0.1, 0.15) is 0 Å². The Morgan fingerprint density at radius 3 is 2.59 bits per heavy atom. The van der Waals surface area contributed by atoms with Crippen molar-refractivity contribution in [3.63, 3.8) is 0 Å². The number of likely N-dealkylation sites (N-methyl/N-ethyl adjacent to an activating group) is 1. The molecule has 17 heavy (non-hydrogen) atoms. The molecular weight excluding hydrogens is 218 g/mol. The van der Waals surface area contributed by atoms with Crippen molar-refractivity contribution in [2.75, 3.05) is 46.9 Å². The van der Waals surface area contributed by atoms with E-state index in [2.05, 4.69) is 15.5 Å². The molecule has 0 rings (SSSR count). The van der Waals surface area contributed by atoms with Crippen LogP contribution in [0.3, 0.4) is 0 Å². The van der Waals surface area contributed by atoms with Crippen molar-refractivity contribution in [1.29, 1.82) is 0 Å². The van der Waals surface area contributed by atoms with E-state index in [0.29, 0.717) is 13.2 Å². The van der Waals surface area contributed by atoms with Gasteiger partial charge in [-0.1, -0.05) is 6.92 Å². The first-order chi connectivity index (χ1) is 8.07. The average Bonchev–Trinajstić information content (AvgIpc) is 2.29. The summed E-state index contributed by atoms with van der Waals surface area (Å²) in [6.07, 6.45) is 0.964. The van der Waals surface area contributed by atoms with E-state index in [0.717, 1.165) is 26.1 Å². The summed E-state index contributed by atoms with van der Waals surface area (Å²) < 4.78 is 5.42. The summed E-state index contributed by atoms with van der Waals surface area (Å²) in [6, 6.07) is -0.154. The Hall–Kier alpha value is -0.650. The summed E-state index contributed by atoms with van der Waals surface area (Å²) >= 11 is 0. The Balaban J connectivity index is 3.38. The number of carbonyl (C=O) groups excluding carboxylic acids is 1. The van der Waals surface area contributed by atoms with E-state index in [4.69, 9.17) is 4.74 Å². The van der Waals surface area contributed by atoms with Crippen LogP contribution in [0.15, 0.2) is 0 Å². The van der Waals surface area contributed by atoms with E-state index in [9.17, 15) is 4.79 Å². The average molecular weight is 245 g/mol. The van der Waals surface area contributed by atoms with Gasteiger partial charge in [-0.2, -0.15) is 0 Å². The second-order valence-electron chi connectivity index (χ2n) is 4.38. The van der Waals surface area contributed by atoms with Gasteiger partial charge in [0.2, 0.25) is 5.91 Å². The Morgan fingerprint density at radius 1 is 1.29 bits per heavy atom. The van der Waals surface area contributed by atoms with Crippen molar-refractivity contribution in [1.82, 2.24) is 15.5 Å². The molecular formula is C12H27N3O2. The molecule has 0 radical (unpaired) electrons. The second-order valence-corrected chi connectivity index (χ2v) is 4.38. The number of hydrogen-bond donors (Lipinski definition) is 2. The highest BCUT2D eigenvalue weighted by molar-refractivity contribution is 5.81. The third-order valence-corrected chi connectivity index (χ3v) is 2.32. The predicted molar refractivity (Wildman–Crippen MR) is 70.1 cm³/mol. The standard InChI is InChI=1S/C12H27N3O2/c1-5-6-14-12(16)11(2)13-7-9-17-10-8-15(3)4/h11,13H,5-10H2,1-4H3,(H,14,16). The zero-order valence-electron chi connectivity index (χ0n) is 11.6. The van der Waals surface area contributed by atoms with Gasteiger partial charge in [-0.15, -0.1) is 0 Å². The molecule has 1 amide bonds. The summed E-state index contributed by atoms with van der Waals surface area (Å²) in [6.45, 7) is 7.64. The zero-order valence-corrected chi connectivity index (χ0v) is 11.6. The fourth-order valence-electron chi connectivity index (χ4n) is 1.19. The lowest BCUT2D eigenvalue weighted by Crippen LogP contribution is -2.43. The molecule has 0 saturated carbocycles. The summed E-state index contributed by atoms with van der Waals surface area (Å²) in [5, 5.41) is 5.98. The third kappa shape index (κ3) is 10.2. The number of ether oxygens (including phenoxy) is 1. The minimum atomic E-state index is -0.154. The van der Waals surface area contributed by atoms with Crippen LogP contribution in [0.4, 0.5) is 0 Å². The SMILES string of the molecule is CCCNC(=O)C(C)NCCOCCN(C)C. The third-order valence-electron chi connectivity index (χ3n) is 2.32. The van der Waals surface area contributed by atoms with Crippen molar-refractivity contribution in [3.8, 4) is 0 Å². The predicted octanol–water partition coefficient (Wildman–Crippen LogP) is 0.0689. The van der Waals surface area contributed by atoms with Gasteiger partial charge in [-0.05, 0) is 27.4 Å². The molecule has 0 fully saturated rings. The molecule has 5 heteroatoms. The molecule has 0 heterocycles. The van der Waals surface area contributed by atoms with E-state index >= 15 is 0 Å². The number of hydrogen-bond acceptors (Lipinski definition) is 4. The number of carbonyl (C=O) groups is 1. The van der Waals surface area contributed by atoms with Crippen LogP contribution in [-0.2, 0) is 9.53 Å². The monoisotopic (exact) mass is 245 g/mol. The Kier molecular flexibility index (Phi) is 10.1. The van der Waals surface area contributed by atoms with Crippen molar-refractivity contribution >= 4 is 5.91 Å². The molecule has 0 saturated heterocycles. The number of nitrogens with zero attached hydrogens (tertiary/aromatic N) is 1. The molecule has 0 aromatic carbocycles. The Bertz CT molecular complexity index is 198. The maximum absolute atomic E-state index is 11.5. The molecule has 5 nitrogen and oxygen atoms in total. The van der Waals surface area contributed by atoms with E-state index < -0.39 is 0 Å². The van der Waals surface area contributed by atoms with Gasteiger partial charge in [0.05, 0.1) is 19.3 Å². The van der Waals surface area contributed by atoms with Crippen LogP contribution in [0.5, 0.6) is 0 Å². The molecule has 0 aliphatic heterocycles. The molecule has 0 spiro atoms. The molecule has 0 aromatic rings. The van der Waals surface area contributed by atoms with Crippen LogP contribution in [0.25, 0.3) is 0 Å². The molecule has 0 aliphatic carbocycles. The maximum atomic E-state index is 11.5.